The number of likely N-dealkylation sites (tertiary alicyclic amines) is 1. The van der Waals surface area contributed by atoms with Crippen molar-refractivity contribution in [1.82, 2.24) is 60.6 Å². The first-order chi connectivity index (χ1) is 45.3. The maximum Gasteiger partial charge on any atom is 0.317 e. The summed E-state index contributed by atoms with van der Waals surface area (Å²) in [6.45, 7) is 7.26. The molecule has 3 aromatic rings. The number of amides is 6. The Morgan fingerprint density at radius 3 is 2.10 bits per heavy atom. The predicted octanol–water partition coefficient (Wildman–Crippen LogP) is 0.254. The molecule has 0 saturated carbocycles. The number of fused-ring (bicyclic) bond motifs is 1. The second-order valence-electron chi connectivity index (χ2n) is 23.3. The van der Waals surface area contributed by atoms with E-state index in [1.165, 1.54) is 24.0 Å². The van der Waals surface area contributed by atoms with Crippen LogP contribution in [0, 0.1) is 19.3 Å². The van der Waals surface area contributed by atoms with Crippen LogP contribution in [0.4, 0.5) is 8.78 Å². The molecule has 94 heavy (non-hydrogen) atoms. The Hall–Kier alpha value is -7.63. The quantitative estimate of drug-likeness (QED) is 0.0256. The number of halogens is 2. The van der Waals surface area contributed by atoms with Gasteiger partial charge in [-0.1, -0.05) is 35.7 Å². The van der Waals surface area contributed by atoms with E-state index >= 15 is 0 Å². The molecule has 3 fully saturated rings. The van der Waals surface area contributed by atoms with E-state index in [1.807, 2.05) is 45.9 Å². The van der Waals surface area contributed by atoms with Crippen LogP contribution in [-0.2, 0) is 59.0 Å². The lowest BCUT2D eigenvalue weighted by atomic mass is 10.1. The number of piperazine rings is 1. The number of carboxylic acids is 1. The van der Waals surface area contributed by atoms with Crippen molar-refractivity contribution in [1.29, 1.82) is 0 Å². The topological polar surface area (TPSA) is 315 Å². The predicted molar refractivity (Wildman–Crippen MR) is 344 cm³/mol. The minimum Gasteiger partial charge on any atom is -0.494 e. The fourth-order valence-corrected chi connectivity index (χ4v) is 11.6. The third-order valence-corrected chi connectivity index (χ3v) is 17.2. The number of nitrogens with one attached hydrogen (secondary N) is 4. The SMILES string of the molecule is C#C[C@H]1CC(F)(F)CN1C(=O)CNC(=O)c1ccnc2ccc(OCCCCN3CCN(C(=O)C(O)CSCCNC(=O)C(CCOCCNC(=O)CCCc4ccc(C)cc4)NC(=O)CN4CCN(COC=O)CCN(COC=O)CCN(CC(=O)O)CC4)CC3)cc12. The van der Waals surface area contributed by atoms with Gasteiger partial charge in [-0.05, 0) is 75.4 Å². The number of aromatic nitrogens is 1. The molecule has 1 aromatic heterocycles. The molecule has 3 atom stereocenters. The summed E-state index contributed by atoms with van der Waals surface area (Å²) in [4.78, 5) is 130. The summed E-state index contributed by atoms with van der Waals surface area (Å²) in [5, 5.41) is 32.2. The molecule has 0 aliphatic carbocycles. The highest BCUT2D eigenvalue weighted by molar-refractivity contribution is 7.99. The minimum absolute atomic E-state index is 0.0203. The van der Waals surface area contributed by atoms with Crippen LogP contribution in [0.3, 0.4) is 0 Å². The van der Waals surface area contributed by atoms with E-state index < -0.39 is 73.2 Å². The van der Waals surface area contributed by atoms with Gasteiger partial charge in [0.05, 0.1) is 56.5 Å². The van der Waals surface area contributed by atoms with E-state index in [-0.39, 0.29) is 95.5 Å². The highest BCUT2D eigenvalue weighted by Crippen LogP contribution is 2.32. The van der Waals surface area contributed by atoms with Gasteiger partial charge in [0.25, 0.3) is 30.7 Å². The number of pyridine rings is 1. The number of carbonyl (C=O) groups excluding carboxylic acids is 8. The summed E-state index contributed by atoms with van der Waals surface area (Å²) < 4.78 is 49.8. The standard InChI is InChI=1S/C64H90F2N12O15S/c1-3-50-38-64(65,66)43-78(50)59(84)39-70-61(87)52-15-17-67-54-14-13-51(37-53(52)54)93-33-5-4-20-72-29-31-77(32-30-72)63(89)56(81)42-94-36-19-69-62(88)55(16-34-90-35-18-68-57(82)8-6-7-49-11-9-48(2)10-12-49)71-58(83)40-73-21-22-74(41-60(85)86)24-26-76(45-92-47-80)28-27-75(25-23-73)44-91-46-79/h1,9-15,17,37,46-47,50,55-56,81H,4-8,16,18-36,38-45H2,2H3,(H,68,82)(H,69,88)(H,70,87)(H,71,83)(H,85,86)/t50-,55?,56?/m0/s1. The average molecular weight is 1340 g/mol. The number of rotatable bonds is 37. The molecule has 27 nitrogen and oxygen atoms in total. The number of aliphatic hydroxyl groups excluding tert-OH is 1. The van der Waals surface area contributed by atoms with Gasteiger partial charge in [0.15, 0.2) is 0 Å². The van der Waals surface area contributed by atoms with Gasteiger partial charge < -0.3 is 60.2 Å². The van der Waals surface area contributed by atoms with Crippen LogP contribution in [0.1, 0.15) is 60.0 Å². The Morgan fingerprint density at radius 2 is 1.44 bits per heavy atom. The van der Waals surface area contributed by atoms with Gasteiger partial charge in [-0.2, -0.15) is 11.8 Å². The van der Waals surface area contributed by atoms with Crippen LogP contribution in [0.15, 0.2) is 54.7 Å². The Bertz CT molecular complexity index is 2980. The molecule has 3 aliphatic heterocycles. The second kappa shape index (κ2) is 40.6. The Balaban J connectivity index is 0.918. The van der Waals surface area contributed by atoms with Gasteiger partial charge in [-0.3, -0.25) is 72.6 Å². The normalized spacial score (nSPS) is 17.7. The zero-order chi connectivity index (χ0) is 67.7. The monoisotopic (exact) mass is 1340 g/mol. The van der Waals surface area contributed by atoms with Crippen molar-refractivity contribution in [3.8, 4) is 18.1 Å². The van der Waals surface area contributed by atoms with Crippen LogP contribution in [0.2, 0.25) is 0 Å². The van der Waals surface area contributed by atoms with Crippen LogP contribution in [0.5, 0.6) is 5.75 Å². The van der Waals surface area contributed by atoms with Crippen molar-refractivity contribution >= 4 is 77.0 Å². The number of hydrogen-bond donors (Lipinski definition) is 6. The first kappa shape index (κ1) is 75.4. The molecule has 0 spiro atoms. The van der Waals surface area contributed by atoms with Gasteiger partial charge in [0.2, 0.25) is 23.6 Å². The smallest absolute Gasteiger partial charge is 0.317 e. The number of aliphatic hydroxyl groups is 1. The maximum absolute atomic E-state index is 14.0. The number of hydrogen-bond acceptors (Lipinski definition) is 21. The summed E-state index contributed by atoms with van der Waals surface area (Å²) in [5.41, 5.74) is 3.06. The number of terminal acetylenes is 1. The van der Waals surface area contributed by atoms with Crippen molar-refractivity contribution in [3.05, 3.63) is 71.4 Å². The molecule has 6 amide bonds. The molecule has 6 N–H and O–H groups in total. The van der Waals surface area contributed by atoms with E-state index in [1.54, 1.807) is 28.0 Å². The average Bonchev–Trinajstić information content (AvgIpc) is 1.59. The first-order valence-electron chi connectivity index (χ1n) is 31.7. The summed E-state index contributed by atoms with van der Waals surface area (Å²) in [5.74, 6) is -3.78. The van der Waals surface area contributed by atoms with Crippen molar-refractivity contribution in [2.45, 2.75) is 76.0 Å². The molecular formula is C64H90F2N12O15S. The fourth-order valence-electron chi connectivity index (χ4n) is 10.8. The van der Waals surface area contributed by atoms with E-state index in [0.29, 0.717) is 127 Å². The van der Waals surface area contributed by atoms with Crippen LogP contribution < -0.4 is 26.0 Å². The molecule has 0 radical (unpaired) electrons. The molecular weight excluding hydrogens is 1250 g/mol. The number of carbonyl (C=O) groups is 9. The fraction of sp³-hybridized carbons (Fsp3) is 0.594. The number of alkyl halides is 2. The number of unbranched alkanes of at least 4 members (excludes halogenated alkanes) is 1. The lowest BCUT2D eigenvalue weighted by molar-refractivity contribution is -0.141. The van der Waals surface area contributed by atoms with Crippen molar-refractivity contribution in [2.24, 2.45) is 0 Å². The van der Waals surface area contributed by atoms with Crippen molar-refractivity contribution < 1.29 is 81.1 Å². The van der Waals surface area contributed by atoms with E-state index in [0.717, 1.165) is 35.4 Å². The summed E-state index contributed by atoms with van der Waals surface area (Å²) >= 11 is 1.28. The zero-order valence-electron chi connectivity index (χ0n) is 53.4. The number of ether oxygens (including phenoxy) is 4. The van der Waals surface area contributed by atoms with Crippen molar-refractivity contribution in [3.63, 3.8) is 0 Å². The van der Waals surface area contributed by atoms with E-state index in [2.05, 4.69) is 37.1 Å². The lowest BCUT2D eigenvalue weighted by Gasteiger charge is -2.35. The molecule has 6 rings (SSSR count). The molecule has 3 saturated heterocycles. The molecule has 3 aliphatic rings. The lowest BCUT2D eigenvalue weighted by Crippen LogP contribution is -2.52. The van der Waals surface area contributed by atoms with Gasteiger partial charge in [0.1, 0.15) is 31.4 Å². The Labute approximate surface area is 551 Å². The van der Waals surface area contributed by atoms with Gasteiger partial charge >= 0.3 is 5.97 Å². The Morgan fingerprint density at radius 1 is 0.777 bits per heavy atom. The summed E-state index contributed by atoms with van der Waals surface area (Å²) in [7, 11) is 0. The zero-order valence-corrected chi connectivity index (χ0v) is 54.3. The molecule has 2 unspecified atom stereocenters. The van der Waals surface area contributed by atoms with Gasteiger partial charge in [-0.15, -0.1) is 6.42 Å². The molecule has 2 aromatic carbocycles. The maximum atomic E-state index is 14.0. The number of aliphatic carboxylic acids is 1. The number of carboxylic acid groups (broad SMARTS) is 1. The van der Waals surface area contributed by atoms with Crippen LogP contribution >= 0.6 is 11.8 Å². The highest BCUT2D eigenvalue weighted by Gasteiger charge is 2.46. The number of benzene rings is 2. The third kappa shape index (κ3) is 27.0. The summed E-state index contributed by atoms with van der Waals surface area (Å²) in [6, 6.07) is 12.7. The second-order valence-corrected chi connectivity index (χ2v) is 24.4. The van der Waals surface area contributed by atoms with E-state index in [4.69, 9.17) is 25.4 Å². The minimum atomic E-state index is -3.10. The number of thioether (sulfide) groups is 1. The highest BCUT2D eigenvalue weighted by atomic mass is 32.2. The van der Waals surface area contributed by atoms with Gasteiger partial charge in [-0.25, -0.2) is 8.78 Å². The van der Waals surface area contributed by atoms with Crippen LogP contribution in [-0.4, -0.2) is 297 Å². The van der Waals surface area contributed by atoms with Crippen molar-refractivity contribution in [2.75, 3.05) is 169 Å². The molecule has 4 heterocycles. The largest absolute Gasteiger partial charge is 0.494 e. The van der Waals surface area contributed by atoms with Gasteiger partial charge in [0, 0.05) is 134 Å². The first-order valence-corrected chi connectivity index (χ1v) is 32.9. The molecule has 0 bridgehead atoms. The number of nitrogens with zero attached hydrogens (tertiary/aromatic N) is 8. The number of aryl methyl sites for hydroxylation is 2. The molecule has 516 valence electrons. The summed E-state index contributed by atoms with van der Waals surface area (Å²) in [6.07, 6.45) is 8.30. The van der Waals surface area contributed by atoms with Crippen LogP contribution in [0.25, 0.3) is 10.9 Å². The Kier molecular flexibility index (Phi) is 32.6. The van der Waals surface area contributed by atoms with E-state index in [9.17, 15) is 62.1 Å². The molecule has 30 heteroatoms. The third-order valence-electron chi connectivity index (χ3n) is 16.1.